The van der Waals surface area contributed by atoms with Gasteiger partial charge in [-0.1, -0.05) is 12.1 Å². The van der Waals surface area contributed by atoms with E-state index in [1.807, 2.05) is 18.2 Å². The first kappa shape index (κ1) is 12.2. The van der Waals surface area contributed by atoms with Crippen LogP contribution in [0.3, 0.4) is 0 Å². The monoisotopic (exact) mass is 246 g/mol. The summed E-state index contributed by atoms with van der Waals surface area (Å²) in [5, 5.41) is 1.71. The fourth-order valence-electron chi connectivity index (χ4n) is 1.92. The van der Waals surface area contributed by atoms with Crippen molar-refractivity contribution in [1.82, 2.24) is 0 Å². The molecule has 0 aliphatic heterocycles. The summed E-state index contributed by atoms with van der Waals surface area (Å²) in [5.41, 5.74) is 0.454. The first-order valence-corrected chi connectivity index (χ1v) is 5.44. The van der Waals surface area contributed by atoms with Gasteiger partial charge in [-0.2, -0.15) is 0 Å². The van der Waals surface area contributed by atoms with Gasteiger partial charge in [-0.3, -0.25) is 0 Å². The standard InChI is InChI=1S/C14H14O4/c1-16-11-6-4-5-9-7-10(14(15)18-3)8-12(17-2)13(9)11/h4-8H,1-3H3. The average Bonchev–Trinajstić information content (AvgIpc) is 2.44. The lowest BCUT2D eigenvalue weighted by Crippen LogP contribution is -2.02. The lowest BCUT2D eigenvalue weighted by molar-refractivity contribution is 0.0600. The highest BCUT2D eigenvalue weighted by atomic mass is 16.5. The maximum atomic E-state index is 11.6. The molecule has 0 atom stereocenters. The maximum Gasteiger partial charge on any atom is 0.338 e. The zero-order chi connectivity index (χ0) is 13.1. The number of ether oxygens (including phenoxy) is 3. The van der Waals surface area contributed by atoms with Crippen LogP contribution in [0.5, 0.6) is 11.5 Å². The van der Waals surface area contributed by atoms with E-state index in [0.717, 1.165) is 10.8 Å². The van der Waals surface area contributed by atoms with Crippen LogP contribution in [0.1, 0.15) is 10.4 Å². The summed E-state index contributed by atoms with van der Waals surface area (Å²) in [4.78, 5) is 11.6. The summed E-state index contributed by atoms with van der Waals surface area (Å²) in [6, 6.07) is 9.01. The van der Waals surface area contributed by atoms with Crippen LogP contribution in [-0.2, 0) is 4.74 Å². The van der Waals surface area contributed by atoms with Gasteiger partial charge in [0.05, 0.1) is 32.3 Å². The topological polar surface area (TPSA) is 44.8 Å². The van der Waals surface area contributed by atoms with Crippen molar-refractivity contribution in [2.24, 2.45) is 0 Å². The van der Waals surface area contributed by atoms with Gasteiger partial charge in [0.2, 0.25) is 0 Å². The number of benzene rings is 2. The van der Waals surface area contributed by atoms with Crippen LogP contribution in [0.2, 0.25) is 0 Å². The first-order chi connectivity index (χ1) is 8.71. The number of hydrogen-bond donors (Lipinski definition) is 0. The largest absolute Gasteiger partial charge is 0.496 e. The van der Waals surface area contributed by atoms with E-state index in [9.17, 15) is 4.79 Å². The van der Waals surface area contributed by atoms with Gasteiger partial charge in [0.15, 0.2) is 0 Å². The van der Waals surface area contributed by atoms with Gasteiger partial charge in [-0.25, -0.2) is 4.79 Å². The molecule has 0 heterocycles. The van der Waals surface area contributed by atoms with Crippen molar-refractivity contribution in [1.29, 1.82) is 0 Å². The Hall–Kier alpha value is -2.23. The molecule has 0 saturated heterocycles. The second kappa shape index (κ2) is 4.96. The number of fused-ring (bicyclic) bond motifs is 1. The highest BCUT2D eigenvalue weighted by Gasteiger charge is 2.13. The van der Waals surface area contributed by atoms with Gasteiger partial charge < -0.3 is 14.2 Å². The van der Waals surface area contributed by atoms with Gasteiger partial charge in [0.1, 0.15) is 11.5 Å². The van der Waals surface area contributed by atoms with E-state index in [4.69, 9.17) is 14.2 Å². The number of carbonyl (C=O) groups is 1. The molecule has 4 nitrogen and oxygen atoms in total. The Labute approximate surface area is 105 Å². The summed E-state index contributed by atoms with van der Waals surface area (Å²) in [5.74, 6) is 0.907. The molecule has 0 N–H and O–H groups in total. The Morgan fingerprint density at radius 1 is 1.00 bits per heavy atom. The Bertz CT molecular complexity index is 590. The summed E-state index contributed by atoms with van der Waals surface area (Å²) in [6.07, 6.45) is 0. The minimum atomic E-state index is -0.391. The molecule has 0 unspecified atom stereocenters. The Morgan fingerprint density at radius 3 is 2.33 bits per heavy atom. The van der Waals surface area contributed by atoms with E-state index < -0.39 is 5.97 Å². The van der Waals surface area contributed by atoms with Crippen LogP contribution >= 0.6 is 0 Å². The van der Waals surface area contributed by atoms with Crippen molar-refractivity contribution in [2.75, 3.05) is 21.3 Å². The fraction of sp³-hybridized carbons (Fsp3) is 0.214. The van der Waals surface area contributed by atoms with Crippen molar-refractivity contribution >= 4 is 16.7 Å². The average molecular weight is 246 g/mol. The maximum absolute atomic E-state index is 11.6. The molecule has 2 aromatic rings. The second-order valence-corrected chi connectivity index (χ2v) is 3.73. The molecule has 0 radical (unpaired) electrons. The third kappa shape index (κ3) is 1.97. The minimum absolute atomic E-state index is 0.391. The Morgan fingerprint density at radius 2 is 1.72 bits per heavy atom. The molecule has 18 heavy (non-hydrogen) atoms. The van der Waals surface area contributed by atoms with E-state index in [-0.39, 0.29) is 0 Å². The molecule has 0 amide bonds. The van der Waals surface area contributed by atoms with Gasteiger partial charge in [-0.05, 0) is 23.6 Å². The van der Waals surface area contributed by atoms with Crippen LogP contribution in [0.15, 0.2) is 30.3 Å². The quantitative estimate of drug-likeness (QED) is 0.781. The zero-order valence-corrected chi connectivity index (χ0v) is 10.5. The number of esters is 1. The van der Waals surface area contributed by atoms with E-state index in [0.29, 0.717) is 17.1 Å². The van der Waals surface area contributed by atoms with E-state index in [1.54, 1.807) is 26.4 Å². The van der Waals surface area contributed by atoms with Gasteiger partial charge >= 0.3 is 5.97 Å². The number of hydrogen-bond acceptors (Lipinski definition) is 4. The molecule has 2 rings (SSSR count). The minimum Gasteiger partial charge on any atom is -0.496 e. The molecule has 0 spiro atoms. The van der Waals surface area contributed by atoms with Crippen molar-refractivity contribution in [2.45, 2.75) is 0 Å². The predicted molar refractivity (Wildman–Crippen MR) is 68.4 cm³/mol. The molecule has 4 heteroatoms. The number of rotatable bonds is 3. The summed E-state index contributed by atoms with van der Waals surface area (Å²) in [7, 11) is 4.51. The van der Waals surface area contributed by atoms with Crippen LogP contribution < -0.4 is 9.47 Å². The third-order valence-corrected chi connectivity index (χ3v) is 2.76. The normalized spacial score (nSPS) is 10.2. The molecular formula is C14H14O4. The van der Waals surface area contributed by atoms with E-state index in [1.165, 1.54) is 7.11 Å². The van der Waals surface area contributed by atoms with Crippen molar-refractivity contribution < 1.29 is 19.0 Å². The van der Waals surface area contributed by atoms with Crippen molar-refractivity contribution in [3.63, 3.8) is 0 Å². The van der Waals surface area contributed by atoms with Crippen LogP contribution in [0.25, 0.3) is 10.8 Å². The third-order valence-electron chi connectivity index (χ3n) is 2.76. The molecule has 0 aliphatic rings. The van der Waals surface area contributed by atoms with Gasteiger partial charge in [0.25, 0.3) is 0 Å². The lowest BCUT2D eigenvalue weighted by atomic mass is 10.0. The molecule has 2 aromatic carbocycles. The van der Waals surface area contributed by atoms with Gasteiger partial charge in [-0.15, -0.1) is 0 Å². The lowest BCUT2D eigenvalue weighted by Gasteiger charge is -2.11. The summed E-state index contributed by atoms with van der Waals surface area (Å²) < 4.78 is 15.3. The fourth-order valence-corrected chi connectivity index (χ4v) is 1.92. The molecule has 0 saturated carbocycles. The van der Waals surface area contributed by atoms with Gasteiger partial charge in [0, 0.05) is 0 Å². The molecular weight excluding hydrogens is 232 g/mol. The SMILES string of the molecule is COC(=O)c1cc(OC)c2c(OC)cccc2c1. The molecule has 94 valence electrons. The highest BCUT2D eigenvalue weighted by Crippen LogP contribution is 2.35. The number of carbonyl (C=O) groups excluding carboxylic acids is 1. The Kier molecular flexibility index (Phi) is 3.37. The smallest absolute Gasteiger partial charge is 0.338 e. The Balaban J connectivity index is 2.74. The summed E-state index contributed by atoms with van der Waals surface area (Å²) >= 11 is 0. The summed E-state index contributed by atoms with van der Waals surface area (Å²) in [6.45, 7) is 0. The molecule has 0 fully saturated rings. The number of methoxy groups -OCH3 is 3. The van der Waals surface area contributed by atoms with Crippen molar-refractivity contribution in [3.8, 4) is 11.5 Å². The predicted octanol–water partition coefficient (Wildman–Crippen LogP) is 2.64. The van der Waals surface area contributed by atoms with Crippen LogP contribution in [-0.4, -0.2) is 27.3 Å². The van der Waals surface area contributed by atoms with E-state index in [2.05, 4.69) is 0 Å². The zero-order valence-electron chi connectivity index (χ0n) is 10.5. The van der Waals surface area contributed by atoms with Crippen LogP contribution in [0.4, 0.5) is 0 Å². The first-order valence-electron chi connectivity index (χ1n) is 5.44. The van der Waals surface area contributed by atoms with E-state index >= 15 is 0 Å². The van der Waals surface area contributed by atoms with Crippen molar-refractivity contribution in [3.05, 3.63) is 35.9 Å². The second-order valence-electron chi connectivity index (χ2n) is 3.73. The highest BCUT2D eigenvalue weighted by molar-refractivity contribution is 6.00. The van der Waals surface area contributed by atoms with Crippen LogP contribution in [0, 0.1) is 0 Å². The molecule has 0 aromatic heterocycles. The molecule has 0 bridgehead atoms. The molecule has 0 aliphatic carbocycles.